The number of hydrogen-bond donors (Lipinski definition) is 2. The molecule has 4 nitrogen and oxygen atoms in total. The summed E-state index contributed by atoms with van der Waals surface area (Å²) in [5, 5.41) is 5.95. The Morgan fingerprint density at radius 2 is 1.60 bits per heavy atom. The summed E-state index contributed by atoms with van der Waals surface area (Å²) in [6.45, 7) is 1.97. The van der Waals surface area contributed by atoms with E-state index in [1.807, 2.05) is 61.5 Å². The molecule has 1 unspecified atom stereocenters. The van der Waals surface area contributed by atoms with E-state index in [1.165, 1.54) is 11.8 Å². The molecule has 0 heterocycles. The summed E-state index contributed by atoms with van der Waals surface area (Å²) in [5.74, 6) is -0.160. The summed E-state index contributed by atoms with van der Waals surface area (Å²) in [7, 11) is 0. The van der Waals surface area contributed by atoms with Crippen LogP contribution in [0.15, 0.2) is 83.8 Å². The fourth-order valence-corrected chi connectivity index (χ4v) is 4.18. The zero-order chi connectivity index (χ0) is 21.3. The van der Waals surface area contributed by atoms with Crippen molar-refractivity contribution in [3.05, 3.63) is 89.4 Å². The van der Waals surface area contributed by atoms with Crippen molar-refractivity contribution in [3.8, 4) is 0 Å². The van der Waals surface area contributed by atoms with Crippen LogP contribution in [-0.2, 0) is 9.59 Å². The first-order valence-corrected chi connectivity index (χ1v) is 11.0. The zero-order valence-corrected chi connectivity index (χ0v) is 18.2. The van der Waals surface area contributed by atoms with Crippen LogP contribution < -0.4 is 10.6 Å². The average molecular weight is 439 g/mol. The highest BCUT2D eigenvalue weighted by Gasteiger charge is 2.22. The lowest BCUT2D eigenvalue weighted by Crippen LogP contribution is -2.19. The van der Waals surface area contributed by atoms with Crippen molar-refractivity contribution in [2.45, 2.75) is 29.9 Å². The molecule has 6 heteroatoms. The van der Waals surface area contributed by atoms with Crippen LogP contribution in [0.3, 0.4) is 0 Å². The summed E-state index contributed by atoms with van der Waals surface area (Å²) in [6, 6.07) is 24.2. The Bertz CT molecular complexity index is 1010. The van der Waals surface area contributed by atoms with Gasteiger partial charge in [0.2, 0.25) is 11.8 Å². The monoisotopic (exact) mass is 438 g/mol. The van der Waals surface area contributed by atoms with Gasteiger partial charge in [0.1, 0.15) is 5.25 Å². The van der Waals surface area contributed by atoms with Gasteiger partial charge >= 0.3 is 0 Å². The molecule has 0 spiro atoms. The van der Waals surface area contributed by atoms with Crippen LogP contribution in [0.25, 0.3) is 0 Å². The van der Waals surface area contributed by atoms with Crippen LogP contribution in [0.5, 0.6) is 0 Å². The number of benzene rings is 3. The topological polar surface area (TPSA) is 58.2 Å². The predicted molar refractivity (Wildman–Crippen MR) is 125 cm³/mol. The lowest BCUT2D eigenvalue weighted by molar-refractivity contribution is -0.116. The number of hydrogen-bond acceptors (Lipinski definition) is 3. The first kappa shape index (κ1) is 21.9. The van der Waals surface area contributed by atoms with E-state index in [0.29, 0.717) is 17.1 Å². The Morgan fingerprint density at radius 3 is 2.30 bits per heavy atom. The van der Waals surface area contributed by atoms with Crippen molar-refractivity contribution in [1.82, 2.24) is 0 Å². The Kier molecular flexibility index (Phi) is 7.94. The minimum Gasteiger partial charge on any atom is -0.326 e. The Hall–Kier alpha value is -2.76. The average Bonchev–Trinajstić information content (AvgIpc) is 2.73. The molecule has 2 N–H and O–H groups in total. The minimum atomic E-state index is -0.466. The van der Waals surface area contributed by atoms with E-state index in [2.05, 4.69) is 10.6 Å². The van der Waals surface area contributed by atoms with E-state index in [9.17, 15) is 9.59 Å². The third kappa shape index (κ3) is 6.37. The largest absolute Gasteiger partial charge is 0.326 e. The maximum atomic E-state index is 13.1. The molecule has 0 aromatic heterocycles. The summed E-state index contributed by atoms with van der Waals surface area (Å²) in [6.07, 6.45) is 1.27. The first-order chi connectivity index (χ1) is 14.5. The van der Waals surface area contributed by atoms with Crippen LogP contribution in [0, 0.1) is 0 Å². The van der Waals surface area contributed by atoms with Gasteiger partial charge in [0, 0.05) is 27.7 Å². The van der Waals surface area contributed by atoms with E-state index >= 15 is 0 Å². The molecular formula is C24H23ClN2O2S. The second kappa shape index (κ2) is 10.9. The van der Waals surface area contributed by atoms with E-state index in [-0.39, 0.29) is 11.8 Å². The number of halogens is 1. The van der Waals surface area contributed by atoms with Gasteiger partial charge in [0.05, 0.1) is 0 Å². The zero-order valence-electron chi connectivity index (χ0n) is 16.6. The van der Waals surface area contributed by atoms with Crippen molar-refractivity contribution in [3.63, 3.8) is 0 Å². The van der Waals surface area contributed by atoms with Gasteiger partial charge < -0.3 is 10.6 Å². The van der Waals surface area contributed by atoms with Gasteiger partial charge in [-0.15, -0.1) is 11.8 Å². The molecule has 0 aliphatic heterocycles. The van der Waals surface area contributed by atoms with Crippen molar-refractivity contribution in [2.24, 2.45) is 0 Å². The van der Waals surface area contributed by atoms with Crippen molar-refractivity contribution >= 4 is 46.6 Å². The van der Waals surface area contributed by atoms with Gasteiger partial charge in [0.15, 0.2) is 0 Å². The number of thioether (sulfide) groups is 1. The molecule has 0 aliphatic carbocycles. The van der Waals surface area contributed by atoms with Gasteiger partial charge in [-0.05, 0) is 48.4 Å². The SMILES string of the molecule is CCCC(=O)Nc1cccc(SC(C(=O)Nc2cccc(Cl)c2)c2ccccc2)c1. The highest BCUT2D eigenvalue weighted by atomic mass is 35.5. The van der Waals surface area contributed by atoms with Crippen LogP contribution in [-0.4, -0.2) is 11.8 Å². The van der Waals surface area contributed by atoms with Gasteiger partial charge in [-0.3, -0.25) is 9.59 Å². The summed E-state index contributed by atoms with van der Waals surface area (Å²) in [5.41, 5.74) is 2.26. The van der Waals surface area contributed by atoms with Crippen LogP contribution in [0.2, 0.25) is 5.02 Å². The van der Waals surface area contributed by atoms with E-state index in [1.54, 1.807) is 24.3 Å². The van der Waals surface area contributed by atoms with Gasteiger partial charge in [0.25, 0.3) is 0 Å². The third-order valence-corrected chi connectivity index (χ3v) is 5.76. The molecule has 0 saturated carbocycles. The highest BCUT2D eigenvalue weighted by Crippen LogP contribution is 2.37. The van der Waals surface area contributed by atoms with Gasteiger partial charge in [-0.2, -0.15) is 0 Å². The van der Waals surface area contributed by atoms with Crippen LogP contribution in [0.1, 0.15) is 30.6 Å². The molecular weight excluding hydrogens is 416 g/mol. The van der Waals surface area contributed by atoms with Crippen molar-refractivity contribution in [1.29, 1.82) is 0 Å². The highest BCUT2D eigenvalue weighted by molar-refractivity contribution is 8.00. The Labute approximate surface area is 186 Å². The summed E-state index contributed by atoms with van der Waals surface area (Å²) < 4.78 is 0. The second-order valence-electron chi connectivity index (χ2n) is 6.73. The first-order valence-electron chi connectivity index (χ1n) is 9.73. The lowest BCUT2D eigenvalue weighted by Gasteiger charge is -2.18. The molecule has 0 fully saturated rings. The molecule has 3 rings (SSSR count). The Morgan fingerprint density at radius 1 is 0.900 bits per heavy atom. The third-order valence-electron chi connectivity index (χ3n) is 4.28. The van der Waals surface area contributed by atoms with Crippen LogP contribution >= 0.6 is 23.4 Å². The van der Waals surface area contributed by atoms with Gasteiger partial charge in [-0.1, -0.05) is 61.0 Å². The number of amides is 2. The minimum absolute atomic E-state index is 0.0158. The summed E-state index contributed by atoms with van der Waals surface area (Å²) >= 11 is 7.48. The standard InChI is InChI=1S/C24H23ClN2O2S/c1-2-8-22(28)26-20-13-7-14-21(16-20)30-23(17-9-4-3-5-10-17)24(29)27-19-12-6-11-18(25)15-19/h3-7,9-16,23H,2,8H2,1H3,(H,26,28)(H,27,29). The maximum absolute atomic E-state index is 13.1. The predicted octanol–water partition coefficient (Wildman–Crippen LogP) is 6.55. The normalized spacial score (nSPS) is 11.5. The summed E-state index contributed by atoms with van der Waals surface area (Å²) in [4.78, 5) is 25.9. The molecule has 1 atom stereocenters. The molecule has 154 valence electrons. The molecule has 0 saturated heterocycles. The number of carbonyl (C=O) groups is 2. The number of anilines is 2. The number of rotatable bonds is 8. The molecule has 30 heavy (non-hydrogen) atoms. The van der Waals surface area contributed by atoms with Gasteiger partial charge in [-0.25, -0.2) is 0 Å². The number of carbonyl (C=O) groups excluding carboxylic acids is 2. The fraction of sp³-hybridized carbons (Fsp3) is 0.167. The van der Waals surface area contributed by atoms with Crippen molar-refractivity contribution < 1.29 is 9.59 Å². The van der Waals surface area contributed by atoms with E-state index in [0.717, 1.165) is 22.6 Å². The number of nitrogens with one attached hydrogen (secondary N) is 2. The molecule has 0 bridgehead atoms. The smallest absolute Gasteiger partial charge is 0.242 e. The van der Waals surface area contributed by atoms with Crippen molar-refractivity contribution in [2.75, 3.05) is 10.6 Å². The molecule has 0 aliphatic rings. The van der Waals surface area contributed by atoms with E-state index < -0.39 is 5.25 Å². The second-order valence-corrected chi connectivity index (χ2v) is 8.35. The fourth-order valence-electron chi connectivity index (χ4n) is 2.91. The Balaban J connectivity index is 1.81. The lowest BCUT2D eigenvalue weighted by atomic mass is 10.1. The molecule has 3 aromatic rings. The molecule has 3 aromatic carbocycles. The maximum Gasteiger partial charge on any atom is 0.242 e. The quantitative estimate of drug-likeness (QED) is 0.392. The molecule has 2 amide bonds. The van der Waals surface area contributed by atoms with Crippen LogP contribution in [0.4, 0.5) is 11.4 Å². The molecule has 0 radical (unpaired) electrons. The van der Waals surface area contributed by atoms with E-state index in [4.69, 9.17) is 11.6 Å².